The monoisotopic (exact) mass is 213 g/mol. The Labute approximate surface area is 87.4 Å². The summed E-state index contributed by atoms with van der Waals surface area (Å²) in [6, 6.07) is 6.16. The molecule has 1 rings (SSSR count). The predicted molar refractivity (Wildman–Crippen MR) is 55.6 cm³/mol. The molecule has 1 aromatic carbocycles. The molecule has 1 aromatic rings. The molecule has 0 bridgehead atoms. The van der Waals surface area contributed by atoms with Crippen LogP contribution in [0.4, 0.5) is 0 Å². The van der Waals surface area contributed by atoms with Crippen molar-refractivity contribution in [2.24, 2.45) is 5.73 Å². The Kier molecular flexibility index (Phi) is 3.88. The van der Waals surface area contributed by atoms with Crippen LogP contribution in [0, 0.1) is 0 Å². The molecule has 0 spiro atoms. The Morgan fingerprint density at radius 2 is 2.00 bits per heavy atom. The van der Waals surface area contributed by atoms with Crippen molar-refractivity contribution in [3.05, 3.63) is 34.9 Å². The second kappa shape index (κ2) is 4.95. The molecular weight excluding hydrogens is 202 g/mol. The SMILES string of the molecule is CNNC(=O)C(N)c1ccc(Cl)cc1. The molecule has 1 amide bonds. The number of carbonyl (C=O) groups is 1. The van der Waals surface area contributed by atoms with Gasteiger partial charge in [0.15, 0.2) is 0 Å². The number of benzene rings is 1. The third-order valence-corrected chi connectivity index (χ3v) is 2.01. The second-order valence-electron chi connectivity index (χ2n) is 2.77. The molecule has 76 valence electrons. The molecule has 0 saturated carbocycles. The third kappa shape index (κ3) is 2.70. The summed E-state index contributed by atoms with van der Waals surface area (Å²) in [6.45, 7) is 0. The second-order valence-corrected chi connectivity index (χ2v) is 3.20. The van der Waals surface area contributed by atoms with Crippen LogP contribution >= 0.6 is 11.6 Å². The third-order valence-electron chi connectivity index (χ3n) is 1.76. The highest BCUT2D eigenvalue weighted by Gasteiger charge is 2.14. The van der Waals surface area contributed by atoms with E-state index in [1.165, 1.54) is 0 Å². The first-order valence-electron chi connectivity index (χ1n) is 4.13. The average molecular weight is 214 g/mol. The van der Waals surface area contributed by atoms with Gasteiger partial charge in [-0.25, -0.2) is 5.43 Å². The molecule has 0 saturated heterocycles. The predicted octanol–water partition coefficient (Wildman–Crippen LogP) is 0.590. The molecule has 0 aromatic heterocycles. The van der Waals surface area contributed by atoms with Crippen molar-refractivity contribution in [3.8, 4) is 0 Å². The lowest BCUT2D eigenvalue weighted by molar-refractivity contribution is -0.123. The number of hydrogen-bond acceptors (Lipinski definition) is 3. The van der Waals surface area contributed by atoms with Gasteiger partial charge in [-0.05, 0) is 17.7 Å². The highest BCUT2D eigenvalue weighted by molar-refractivity contribution is 6.30. The Bertz CT molecular complexity index is 312. The Balaban J connectivity index is 2.73. The lowest BCUT2D eigenvalue weighted by Crippen LogP contribution is -2.40. The van der Waals surface area contributed by atoms with Crippen LogP contribution in [0.3, 0.4) is 0 Å². The van der Waals surface area contributed by atoms with E-state index >= 15 is 0 Å². The first-order chi connectivity index (χ1) is 6.65. The van der Waals surface area contributed by atoms with Crippen molar-refractivity contribution in [1.82, 2.24) is 10.9 Å². The van der Waals surface area contributed by atoms with E-state index < -0.39 is 6.04 Å². The van der Waals surface area contributed by atoms with Crippen LogP contribution in [-0.4, -0.2) is 13.0 Å². The standard InChI is InChI=1S/C9H12ClN3O/c1-12-13-9(14)8(11)6-2-4-7(10)5-3-6/h2-5,8,12H,11H2,1H3,(H,13,14). The minimum Gasteiger partial charge on any atom is -0.316 e. The first kappa shape index (κ1) is 11.0. The van der Waals surface area contributed by atoms with Gasteiger partial charge in [-0.2, -0.15) is 0 Å². The van der Waals surface area contributed by atoms with Gasteiger partial charge in [-0.1, -0.05) is 23.7 Å². The molecule has 0 heterocycles. The van der Waals surface area contributed by atoms with Gasteiger partial charge in [-0.3, -0.25) is 10.2 Å². The highest BCUT2D eigenvalue weighted by Crippen LogP contribution is 2.14. The van der Waals surface area contributed by atoms with E-state index in [-0.39, 0.29) is 5.91 Å². The number of hydrogen-bond donors (Lipinski definition) is 3. The van der Waals surface area contributed by atoms with E-state index in [0.717, 1.165) is 5.56 Å². The molecule has 1 unspecified atom stereocenters. The van der Waals surface area contributed by atoms with Crippen molar-refractivity contribution >= 4 is 17.5 Å². The van der Waals surface area contributed by atoms with Gasteiger partial charge in [0.05, 0.1) is 0 Å². The van der Waals surface area contributed by atoms with E-state index in [4.69, 9.17) is 17.3 Å². The zero-order chi connectivity index (χ0) is 10.6. The van der Waals surface area contributed by atoms with Gasteiger partial charge in [0, 0.05) is 12.1 Å². The zero-order valence-electron chi connectivity index (χ0n) is 7.75. The lowest BCUT2D eigenvalue weighted by atomic mass is 10.1. The van der Waals surface area contributed by atoms with Gasteiger partial charge in [-0.15, -0.1) is 0 Å². The summed E-state index contributed by atoms with van der Waals surface area (Å²) in [7, 11) is 1.60. The maximum atomic E-state index is 11.3. The molecule has 0 radical (unpaired) electrons. The van der Waals surface area contributed by atoms with Gasteiger partial charge >= 0.3 is 0 Å². The summed E-state index contributed by atoms with van der Waals surface area (Å²) < 4.78 is 0. The van der Waals surface area contributed by atoms with Crippen LogP contribution in [0.25, 0.3) is 0 Å². The zero-order valence-corrected chi connectivity index (χ0v) is 8.51. The molecule has 1 atom stereocenters. The molecule has 4 nitrogen and oxygen atoms in total. The highest BCUT2D eigenvalue weighted by atomic mass is 35.5. The van der Waals surface area contributed by atoms with Crippen molar-refractivity contribution in [2.75, 3.05) is 7.05 Å². The fraction of sp³-hybridized carbons (Fsp3) is 0.222. The molecule has 0 fully saturated rings. The number of amides is 1. The molecule has 0 aliphatic heterocycles. The molecule has 5 heteroatoms. The van der Waals surface area contributed by atoms with Gasteiger partial charge in [0.2, 0.25) is 0 Å². The largest absolute Gasteiger partial charge is 0.316 e. The number of nitrogens with one attached hydrogen (secondary N) is 2. The van der Waals surface area contributed by atoms with Gasteiger partial charge < -0.3 is 5.73 Å². The first-order valence-corrected chi connectivity index (χ1v) is 4.50. The van der Waals surface area contributed by atoms with Crippen LogP contribution in [0.15, 0.2) is 24.3 Å². The number of hydrazine groups is 1. The van der Waals surface area contributed by atoms with Crippen LogP contribution in [0.1, 0.15) is 11.6 Å². The normalized spacial score (nSPS) is 12.2. The minimum absolute atomic E-state index is 0.283. The summed E-state index contributed by atoms with van der Waals surface area (Å²) in [4.78, 5) is 11.3. The molecule has 0 aliphatic carbocycles. The van der Waals surface area contributed by atoms with Crippen molar-refractivity contribution in [2.45, 2.75) is 6.04 Å². The van der Waals surface area contributed by atoms with E-state index in [2.05, 4.69) is 10.9 Å². The van der Waals surface area contributed by atoms with E-state index in [0.29, 0.717) is 5.02 Å². The number of carbonyl (C=O) groups excluding carboxylic acids is 1. The maximum Gasteiger partial charge on any atom is 0.255 e. The van der Waals surface area contributed by atoms with Gasteiger partial charge in [0.25, 0.3) is 5.91 Å². The number of rotatable bonds is 3. The lowest BCUT2D eigenvalue weighted by Gasteiger charge is -2.11. The van der Waals surface area contributed by atoms with Crippen LogP contribution in [0.2, 0.25) is 5.02 Å². The van der Waals surface area contributed by atoms with Crippen molar-refractivity contribution in [3.63, 3.8) is 0 Å². The Morgan fingerprint density at radius 1 is 1.43 bits per heavy atom. The summed E-state index contributed by atoms with van der Waals surface area (Å²) in [5.41, 5.74) is 11.3. The Hall–Kier alpha value is -1.10. The fourth-order valence-electron chi connectivity index (χ4n) is 1.02. The minimum atomic E-state index is -0.681. The van der Waals surface area contributed by atoms with Crippen molar-refractivity contribution < 1.29 is 4.79 Å². The average Bonchev–Trinajstić information content (AvgIpc) is 2.18. The smallest absolute Gasteiger partial charge is 0.255 e. The maximum absolute atomic E-state index is 11.3. The van der Waals surface area contributed by atoms with E-state index in [1.54, 1.807) is 31.3 Å². The summed E-state index contributed by atoms with van der Waals surface area (Å²) in [6.07, 6.45) is 0. The molecule has 0 aliphatic rings. The van der Waals surface area contributed by atoms with Crippen LogP contribution < -0.4 is 16.6 Å². The quantitative estimate of drug-likeness (QED) is 0.644. The number of halogens is 1. The molecular formula is C9H12ClN3O. The van der Waals surface area contributed by atoms with Crippen LogP contribution in [-0.2, 0) is 4.79 Å². The van der Waals surface area contributed by atoms with Gasteiger partial charge in [0.1, 0.15) is 6.04 Å². The topological polar surface area (TPSA) is 67.1 Å². The summed E-state index contributed by atoms with van der Waals surface area (Å²) in [5.74, 6) is -0.283. The summed E-state index contributed by atoms with van der Waals surface area (Å²) >= 11 is 5.70. The Morgan fingerprint density at radius 3 is 2.50 bits per heavy atom. The number of nitrogens with two attached hydrogens (primary N) is 1. The summed E-state index contributed by atoms with van der Waals surface area (Å²) in [5, 5.41) is 0.620. The van der Waals surface area contributed by atoms with E-state index in [9.17, 15) is 4.79 Å². The fourth-order valence-corrected chi connectivity index (χ4v) is 1.15. The molecule has 4 N–H and O–H groups in total. The van der Waals surface area contributed by atoms with Crippen molar-refractivity contribution in [1.29, 1.82) is 0 Å². The van der Waals surface area contributed by atoms with Crippen LogP contribution in [0.5, 0.6) is 0 Å². The molecule has 14 heavy (non-hydrogen) atoms. The van der Waals surface area contributed by atoms with E-state index in [1.807, 2.05) is 0 Å².